The lowest BCUT2D eigenvalue weighted by Gasteiger charge is -2.36. The average molecular weight is 273 g/mol. The van der Waals surface area contributed by atoms with Crippen LogP contribution in [0.15, 0.2) is 24.3 Å². The molecule has 0 radical (unpaired) electrons. The van der Waals surface area contributed by atoms with Gasteiger partial charge in [-0.25, -0.2) is 4.79 Å². The zero-order valence-corrected chi connectivity index (χ0v) is 11.6. The molecule has 0 saturated carbocycles. The number of aryl methyl sites for hydroxylation is 1. The van der Waals surface area contributed by atoms with Crippen molar-refractivity contribution >= 4 is 17.6 Å². The molecule has 5 nitrogen and oxygen atoms in total. The van der Waals surface area contributed by atoms with E-state index in [0.29, 0.717) is 13.1 Å². The van der Waals surface area contributed by atoms with Gasteiger partial charge in [0.2, 0.25) is 0 Å². The molecule has 2 aliphatic heterocycles. The van der Waals surface area contributed by atoms with E-state index >= 15 is 0 Å². The molecule has 0 aliphatic carbocycles. The number of amides is 3. The lowest BCUT2D eigenvalue weighted by molar-refractivity contribution is -0.128. The Hall–Kier alpha value is -2.04. The van der Waals surface area contributed by atoms with Gasteiger partial charge in [-0.05, 0) is 31.4 Å². The van der Waals surface area contributed by atoms with E-state index in [2.05, 4.69) is 22.3 Å². The second-order valence-electron chi connectivity index (χ2n) is 5.32. The van der Waals surface area contributed by atoms with Crippen molar-refractivity contribution in [3.63, 3.8) is 0 Å². The summed E-state index contributed by atoms with van der Waals surface area (Å²) < 4.78 is 0. The third-order valence-corrected chi connectivity index (χ3v) is 4.09. The highest BCUT2D eigenvalue weighted by Crippen LogP contribution is 2.28. The van der Waals surface area contributed by atoms with Crippen LogP contribution in [0.5, 0.6) is 0 Å². The number of rotatable bonds is 2. The number of para-hydroxylation sites is 1. The zero-order chi connectivity index (χ0) is 14.1. The Labute approximate surface area is 118 Å². The monoisotopic (exact) mass is 273 g/mol. The number of carbonyl (C=O) groups is 2. The predicted octanol–water partition coefficient (Wildman–Crippen LogP) is 1.38. The third-order valence-electron chi connectivity index (χ3n) is 4.09. The summed E-state index contributed by atoms with van der Waals surface area (Å²) in [4.78, 5) is 27.6. The van der Waals surface area contributed by atoms with E-state index in [0.717, 1.165) is 25.1 Å². The minimum atomic E-state index is -0.305. The lowest BCUT2D eigenvalue weighted by atomic mass is 10.00. The minimum absolute atomic E-state index is 0.114. The predicted molar refractivity (Wildman–Crippen MR) is 76.7 cm³/mol. The van der Waals surface area contributed by atoms with E-state index in [9.17, 15) is 9.59 Å². The first-order valence-electron chi connectivity index (χ1n) is 7.12. The fourth-order valence-corrected chi connectivity index (χ4v) is 3.01. The highest BCUT2D eigenvalue weighted by Gasteiger charge is 2.33. The molecule has 3 amide bonds. The van der Waals surface area contributed by atoms with Gasteiger partial charge >= 0.3 is 6.03 Å². The smallest absolute Gasteiger partial charge is 0.324 e. The van der Waals surface area contributed by atoms with Crippen molar-refractivity contribution in [1.82, 2.24) is 10.2 Å². The van der Waals surface area contributed by atoms with Crippen LogP contribution in [0.4, 0.5) is 10.5 Å². The maximum atomic E-state index is 12.5. The number of hydrogen-bond acceptors (Lipinski definition) is 3. The molecular formula is C15H19N3O2. The lowest BCUT2D eigenvalue weighted by Crippen LogP contribution is -2.49. The van der Waals surface area contributed by atoms with E-state index in [-0.39, 0.29) is 18.0 Å². The van der Waals surface area contributed by atoms with Crippen molar-refractivity contribution in [3.8, 4) is 0 Å². The van der Waals surface area contributed by atoms with Crippen LogP contribution in [-0.2, 0) is 11.2 Å². The van der Waals surface area contributed by atoms with Gasteiger partial charge in [-0.15, -0.1) is 0 Å². The van der Waals surface area contributed by atoms with Crippen LogP contribution in [0, 0.1) is 0 Å². The number of nitrogens with one attached hydrogen (secondary N) is 1. The molecule has 2 aliphatic rings. The Morgan fingerprint density at radius 1 is 1.30 bits per heavy atom. The summed E-state index contributed by atoms with van der Waals surface area (Å²) in [5.41, 5.74) is 2.41. The molecular weight excluding hydrogens is 254 g/mol. The van der Waals surface area contributed by atoms with Crippen molar-refractivity contribution in [1.29, 1.82) is 0 Å². The topological polar surface area (TPSA) is 52.7 Å². The Bertz CT molecular complexity index is 544. The van der Waals surface area contributed by atoms with E-state index in [1.54, 1.807) is 0 Å². The first-order chi connectivity index (χ1) is 9.68. The van der Waals surface area contributed by atoms with Crippen molar-refractivity contribution in [2.24, 2.45) is 0 Å². The highest BCUT2D eigenvalue weighted by molar-refractivity contribution is 5.99. The van der Waals surface area contributed by atoms with Crippen molar-refractivity contribution in [2.45, 2.75) is 25.8 Å². The summed E-state index contributed by atoms with van der Waals surface area (Å²) in [5.74, 6) is -0.114. The van der Waals surface area contributed by atoms with Gasteiger partial charge in [-0.2, -0.15) is 0 Å². The molecule has 0 spiro atoms. The highest BCUT2D eigenvalue weighted by atomic mass is 16.2. The molecule has 5 heteroatoms. The van der Waals surface area contributed by atoms with Crippen LogP contribution in [0.25, 0.3) is 0 Å². The van der Waals surface area contributed by atoms with Crippen LogP contribution in [-0.4, -0.2) is 42.5 Å². The van der Waals surface area contributed by atoms with Gasteiger partial charge in [0.15, 0.2) is 0 Å². The summed E-state index contributed by atoms with van der Waals surface area (Å²) in [6.07, 6.45) is 2.10. The molecule has 1 N–H and O–H groups in total. The van der Waals surface area contributed by atoms with Crippen molar-refractivity contribution in [3.05, 3.63) is 29.8 Å². The van der Waals surface area contributed by atoms with Gasteiger partial charge in [0.25, 0.3) is 5.91 Å². The maximum absolute atomic E-state index is 12.5. The van der Waals surface area contributed by atoms with Gasteiger partial charge in [-0.1, -0.05) is 18.2 Å². The Kier molecular flexibility index (Phi) is 3.34. The number of imide groups is 1. The zero-order valence-electron chi connectivity index (χ0n) is 11.6. The van der Waals surface area contributed by atoms with Gasteiger partial charge < -0.3 is 10.2 Å². The van der Waals surface area contributed by atoms with E-state index in [4.69, 9.17) is 0 Å². The summed E-state index contributed by atoms with van der Waals surface area (Å²) in [6.45, 7) is 3.76. The Balaban J connectivity index is 1.83. The first kappa shape index (κ1) is 13.0. The number of fused-ring (bicyclic) bond motifs is 1. The van der Waals surface area contributed by atoms with Gasteiger partial charge in [0.1, 0.15) is 6.04 Å². The Morgan fingerprint density at radius 2 is 2.10 bits per heavy atom. The number of anilines is 1. The second kappa shape index (κ2) is 5.15. The molecule has 1 saturated heterocycles. The fourth-order valence-electron chi connectivity index (χ4n) is 3.01. The summed E-state index contributed by atoms with van der Waals surface area (Å²) in [6, 6.07) is 7.62. The molecule has 1 aromatic rings. The molecule has 3 rings (SSSR count). The molecule has 1 atom stereocenters. The number of benzene rings is 1. The van der Waals surface area contributed by atoms with Crippen LogP contribution >= 0.6 is 0 Å². The van der Waals surface area contributed by atoms with Crippen LogP contribution in [0.2, 0.25) is 0 Å². The van der Waals surface area contributed by atoms with Crippen LogP contribution in [0.1, 0.15) is 18.9 Å². The molecule has 106 valence electrons. The normalized spacial score (nSPS) is 19.6. The number of carbonyl (C=O) groups excluding carboxylic acids is 2. The first-order valence-corrected chi connectivity index (χ1v) is 7.12. The second-order valence-corrected chi connectivity index (χ2v) is 5.32. The molecule has 0 unspecified atom stereocenters. The minimum Gasteiger partial charge on any atom is -0.360 e. The molecule has 1 fully saturated rings. The largest absolute Gasteiger partial charge is 0.360 e. The van der Waals surface area contributed by atoms with Gasteiger partial charge in [0, 0.05) is 25.3 Å². The van der Waals surface area contributed by atoms with Gasteiger partial charge in [-0.3, -0.25) is 9.69 Å². The molecule has 20 heavy (non-hydrogen) atoms. The molecule has 1 aromatic carbocycles. The van der Waals surface area contributed by atoms with Gasteiger partial charge in [0.05, 0.1) is 0 Å². The number of nitrogens with zero attached hydrogens (tertiary/aromatic N) is 2. The number of hydrogen-bond donors (Lipinski definition) is 1. The molecule has 2 heterocycles. The maximum Gasteiger partial charge on any atom is 0.324 e. The standard InChI is InChI=1S/C15H19N3O2/c1-11(14(19)18-10-8-16-15(18)20)17-9-4-6-12-5-2-3-7-13(12)17/h2-3,5,7,11H,4,6,8-10H2,1H3,(H,16,20)/t11-/m0/s1. The third kappa shape index (κ3) is 2.13. The van der Waals surface area contributed by atoms with E-state index in [1.165, 1.54) is 10.5 Å². The summed E-state index contributed by atoms with van der Waals surface area (Å²) in [5, 5.41) is 2.68. The van der Waals surface area contributed by atoms with E-state index < -0.39 is 0 Å². The molecule has 0 aromatic heterocycles. The average Bonchev–Trinajstić information content (AvgIpc) is 2.91. The molecule has 0 bridgehead atoms. The quantitative estimate of drug-likeness (QED) is 0.885. The Morgan fingerprint density at radius 3 is 2.85 bits per heavy atom. The van der Waals surface area contributed by atoms with E-state index in [1.807, 2.05) is 19.1 Å². The number of urea groups is 1. The van der Waals surface area contributed by atoms with Crippen molar-refractivity contribution in [2.75, 3.05) is 24.5 Å². The summed E-state index contributed by atoms with van der Waals surface area (Å²) in [7, 11) is 0. The SMILES string of the molecule is C[C@@H](C(=O)N1CCNC1=O)N1CCCc2ccccc21. The summed E-state index contributed by atoms with van der Waals surface area (Å²) >= 11 is 0. The van der Waals surface area contributed by atoms with Crippen LogP contribution in [0.3, 0.4) is 0 Å². The van der Waals surface area contributed by atoms with Crippen molar-refractivity contribution < 1.29 is 9.59 Å². The fraction of sp³-hybridized carbons (Fsp3) is 0.467. The van der Waals surface area contributed by atoms with Crippen LogP contribution < -0.4 is 10.2 Å².